The van der Waals surface area contributed by atoms with Gasteiger partial charge in [0.15, 0.2) is 0 Å². The molecule has 1 amide bonds. The maximum absolute atomic E-state index is 11.3. The first-order chi connectivity index (χ1) is 6.86. The predicted molar refractivity (Wildman–Crippen MR) is 55.9 cm³/mol. The number of hydrogen-bond acceptors (Lipinski definition) is 2. The molecule has 1 unspecified atom stereocenters. The van der Waals surface area contributed by atoms with Crippen LogP contribution >= 0.6 is 0 Å². The molecule has 3 nitrogen and oxygen atoms in total. The Balaban J connectivity index is 1.48. The molecule has 1 saturated carbocycles. The molecule has 0 spiro atoms. The molecule has 1 aliphatic heterocycles. The number of rotatable bonds is 5. The minimum Gasteiger partial charge on any atom is -0.356 e. The van der Waals surface area contributed by atoms with E-state index in [1.54, 1.807) is 0 Å². The van der Waals surface area contributed by atoms with Crippen molar-refractivity contribution in [1.29, 1.82) is 0 Å². The van der Waals surface area contributed by atoms with Crippen molar-refractivity contribution >= 4 is 5.91 Å². The van der Waals surface area contributed by atoms with E-state index >= 15 is 0 Å². The molecular formula is C11H20N2O. The summed E-state index contributed by atoms with van der Waals surface area (Å²) in [6.45, 7) is 3.24. The van der Waals surface area contributed by atoms with Crippen molar-refractivity contribution in [3.63, 3.8) is 0 Å². The molecule has 2 fully saturated rings. The Bertz CT molecular complexity index is 195. The minimum atomic E-state index is 0.287. The van der Waals surface area contributed by atoms with E-state index in [4.69, 9.17) is 0 Å². The molecule has 1 heterocycles. The van der Waals surface area contributed by atoms with Gasteiger partial charge in [-0.3, -0.25) is 4.79 Å². The summed E-state index contributed by atoms with van der Waals surface area (Å²) in [5, 5.41) is 6.37. The van der Waals surface area contributed by atoms with Gasteiger partial charge in [0, 0.05) is 12.5 Å². The summed E-state index contributed by atoms with van der Waals surface area (Å²) in [6.07, 6.45) is 5.94. The minimum absolute atomic E-state index is 0.287. The van der Waals surface area contributed by atoms with Crippen molar-refractivity contribution < 1.29 is 4.79 Å². The van der Waals surface area contributed by atoms with Gasteiger partial charge in [0.05, 0.1) is 0 Å². The Labute approximate surface area is 85.6 Å². The molecule has 3 heteroatoms. The van der Waals surface area contributed by atoms with Gasteiger partial charge in [0.25, 0.3) is 0 Å². The lowest BCUT2D eigenvalue weighted by atomic mass is 10.0. The zero-order valence-corrected chi connectivity index (χ0v) is 8.72. The van der Waals surface area contributed by atoms with Gasteiger partial charge in [-0.05, 0) is 51.1 Å². The highest BCUT2D eigenvalue weighted by Crippen LogP contribution is 2.28. The molecule has 1 aliphatic carbocycles. The first-order valence-corrected chi connectivity index (χ1v) is 5.84. The number of hydrogen-bond donors (Lipinski definition) is 2. The smallest absolute Gasteiger partial charge is 0.223 e. The highest BCUT2D eigenvalue weighted by molar-refractivity contribution is 5.80. The van der Waals surface area contributed by atoms with Crippen LogP contribution in [0, 0.1) is 11.8 Å². The summed E-state index contributed by atoms with van der Waals surface area (Å²) in [5.41, 5.74) is 0. The number of amides is 1. The highest BCUT2D eigenvalue weighted by Gasteiger charge is 2.29. The largest absolute Gasteiger partial charge is 0.356 e. The van der Waals surface area contributed by atoms with Gasteiger partial charge in [-0.1, -0.05) is 0 Å². The zero-order valence-electron chi connectivity index (χ0n) is 8.72. The molecule has 80 valence electrons. The quantitative estimate of drug-likeness (QED) is 0.641. The van der Waals surface area contributed by atoms with Crippen molar-refractivity contribution in [2.75, 3.05) is 19.6 Å². The SMILES string of the molecule is O=C(NCCCC1CCNC1)C1CC1. The lowest BCUT2D eigenvalue weighted by Gasteiger charge is -2.08. The van der Waals surface area contributed by atoms with Crippen molar-refractivity contribution in [2.45, 2.75) is 32.1 Å². The van der Waals surface area contributed by atoms with Gasteiger partial charge in [-0.25, -0.2) is 0 Å². The Morgan fingerprint density at radius 1 is 1.36 bits per heavy atom. The molecular weight excluding hydrogens is 176 g/mol. The van der Waals surface area contributed by atoms with Crippen LogP contribution in [0.2, 0.25) is 0 Å². The van der Waals surface area contributed by atoms with Crippen molar-refractivity contribution in [2.24, 2.45) is 11.8 Å². The molecule has 0 bridgehead atoms. The summed E-state index contributed by atoms with van der Waals surface area (Å²) in [7, 11) is 0. The molecule has 0 radical (unpaired) electrons. The predicted octanol–water partition coefficient (Wildman–Crippen LogP) is 0.902. The van der Waals surface area contributed by atoms with E-state index < -0.39 is 0 Å². The van der Waals surface area contributed by atoms with Crippen molar-refractivity contribution in [3.05, 3.63) is 0 Å². The first kappa shape index (κ1) is 9.97. The van der Waals surface area contributed by atoms with E-state index in [2.05, 4.69) is 10.6 Å². The molecule has 1 saturated heterocycles. The molecule has 1 atom stereocenters. The van der Waals surface area contributed by atoms with Crippen LogP contribution in [-0.4, -0.2) is 25.5 Å². The molecule has 0 aromatic carbocycles. The normalized spacial score (nSPS) is 26.4. The van der Waals surface area contributed by atoms with E-state index in [-0.39, 0.29) is 5.91 Å². The Morgan fingerprint density at radius 3 is 2.86 bits per heavy atom. The maximum Gasteiger partial charge on any atom is 0.223 e. The van der Waals surface area contributed by atoms with Crippen LogP contribution < -0.4 is 10.6 Å². The van der Waals surface area contributed by atoms with Crippen molar-refractivity contribution in [3.8, 4) is 0 Å². The lowest BCUT2D eigenvalue weighted by molar-refractivity contribution is -0.122. The average Bonchev–Trinajstić information content (AvgIpc) is 2.92. The van der Waals surface area contributed by atoms with Crippen LogP contribution in [0.1, 0.15) is 32.1 Å². The molecule has 14 heavy (non-hydrogen) atoms. The molecule has 2 N–H and O–H groups in total. The number of carbonyl (C=O) groups is 1. The first-order valence-electron chi connectivity index (χ1n) is 5.84. The Kier molecular flexibility index (Phi) is 3.40. The topological polar surface area (TPSA) is 41.1 Å². The van der Waals surface area contributed by atoms with Gasteiger partial charge in [0.2, 0.25) is 5.91 Å². The Hall–Kier alpha value is -0.570. The fourth-order valence-electron chi connectivity index (χ4n) is 2.05. The molecule has 0 aromatic heterocycles. The van der Waals surface area contributed by atoms with Gasteiger partial charge in [0.1, 0.15) is 0 Å². The van der Waals surface area contributed by atoms with Crippen LogP contribution in [0.3, 0.4) is 0 Å². The van der Waals surface area contributed by atoms with Crippen LogP contribution in [0.4, 0.5) is 0 Å². The summed E-state index contributed by atoms with van der Waals surface area (Å²) in [5.74, 6) is 1.51. The van der Waals surface area contributed by atoms with Crippen LogP contribution in [0.15, 0.2) is 0 Å². The van der Waals surface area contributed by atoms with Gasteiger partial charge in [-0.15, -0.1) is 0 Å². The van der Waals surface area contributed by atoms with E-state index in [0.29, 0.717) is 5.92 Å². The summed E-state index contributed by atoms with van der Waals surface area (Å²) < 4.78 is 0. The lowest BCUT2D eigenvalue weighted by Crippen LogP contribution is -2.26. The maximum atomic E-state index is 11.3. The second-order valence-electron chi connectivity index (χ2n) is 4.57. The fourth-order valence-corrected chi connectivity index (χ4v) is 2.05. The average molecular weight is 196 g/mol. The van der Waals surface area contributed by atoms with E-state index in [0.717, 1.165) is 31.7 Å². The standard InChI is InChI=1S/C11H20N2O/c14-11(10-3-4-10)13-6-1-2-9-5-7-12-8-9/h9-10,12H,1-8H2,(H,13,14). The monoisotopic (exact) mass is 196 g/mol. The van der Waals surface area contributed by atoms with E-state index in [9.17, 15) is 4.79 Å². The third-order valence-corrected chi connectivity index (χ3v) is 3.20. The van der Waals surface area contributed by atoms with Crippen LogP contribution in [0.5, 0.6) is 0 Å². The van der Waals surface area contributed by atoms with Gasteiger partial charge >= 0.3 is 0 Å². The summed E-state index contributed by atoms with van der Waals surface area (Å²) >= 11 is 0. The second kappa shape index (κ2) is 4.78. The van der Waals surface area contributed by atoms with Crippen molar-refractivity contribution in [1.82, 2.24) is 10.6 Å². The van der Waals surface area contributed by atoms with Gasteiger partial charge in [-0.2, -0.15) is 0 Å². The van der Waals surface area contributed by atoms with E-state index in [1.165, 1.54) is 25.9 Å². The summed E-state index contributed by atoms with van der Waals surface area (Å²) in [6, 6.07) is 0. The number of nitrogens with one attached hydrogen (secondary N) is 2. The van der Waals surface area contributed by atoms with Crippen LogP contribution in [-0.2, 0) is 4.79 Å². The zero-order chi connectivity index (χ0) is 9.80. The third-order valence-electron chi connectivity index (χ3n) is 3.20. The summed E-state index contributed by atoms with van der Waals surface area (Å²) in [4.78, 5) is 11.3. The second-order valence-corrected chi connectivity index (χ2v) is 4.57. The number of carbonyl (C=O) groups excluding carboxylic acids is 1. The molecule has 0 aromatic rings. The third kappa shape index (κ3) is 2.98. The Morgan fingerprint density at radius 2 is 2.21 bits per heavy atom. The van der Waals surface area contributed by atoms with Gasteiger partial charge < -0.3 is 10.6 Å². The van der Waals surface area contributed by atoms with Crippen LogP contribution in [0.25, 0.3) is 0 Å². The van der Waals surface area contributed by atoms with E-state index in [1.807, 2.05) is 0 Å². The highest BCUT2D eigenvalue weighted by atomic mass is 16.2. The molecule has 2 aliphatic rings. The fraction of sp³-hybridized carbons (Fsp3) is 0.909. The molecule has 2 rings (SSSR count).